The molecular formula is C49H30N6. The second kappa shape index (κ2) is 11.5. The van der Waals surface area contributed by atoms with Crippen LogP contribution in [0.2, 0.25) is 0 Å². The number of para-hydroxylation sites is 4. The van der Waals surface area contributed by atoms with Gasteiger partial charge in [-0.25, -0.2) is 4.98 Å². The van der Waals surface area contributed by atoms with E-state index in [1.165, 1.54) is 32.6 Å². The van der Waals surface area contributed by atoms with Crippen molar-refractivity contribution in [3.63, 3.8) is 0 Å². The first-order valence-electron chi connectivity index (χ1n) is 18.5. The summed E-state index contributed by atoms with van der Waals surface area (Å²) in [5.74, 6) is 0. The van der Waals surface area contributed by atoms with E-state index in [1.807, 2.05) is 24.7 Å². The van der Waals surface area contributed by atoms with Gasteiger partial charge >= 0.3 is 0 Å². The third-order valence-corrected chi connectivity index (χ3v) is 11.1. The normalized spacial score (nSPS) is 12.0. The molecule has 0 bridgehead atoms. The lowest BCUT2D eigenvalue weighted by atomic mass is 10.0. The maximum Gasteiger partial charge on any atom is 0.148 e. The fourth-order valence-electron chi connectivity index (χ4n) is 8.82. The van der Waals surface area contributed by atoms with Gasteiger partial charge in [-0.2, -0.15) is 0 Å². The Morgan fingerprint density at radius 3 is 1.64 bits per heavy atom. The van der Waals surface area contributed by atoms with Crippen molar-refractivity contribution in [1.82, 2.24) is 28.5 Å². The van der Waals surface area contributed by atoms with E-state index in [1.54, 1.807) is 0 Å². The summed E-state index contributed by atoms with van der Waals surface area (Å²) in [5.41, 5.74) is 13.8. The van der Waals surface area contributed by atoms with Gasteiger partial charge in [-0.3, -0.25) is 14.4 Å². The van der Waals surface area contributed by atoms with Crippen molar-refractivity contribution in [1.29, 1.82) is 0 Å². The van der Waals surface area contributed by atoms with Gasteiger partial charge in [-0.1, -0.05) is 84.9 Å². The lowest BCUT2D eigenvalue weighted by molar-refractivity contribution is 1.18. The highest BCUT2D eigenvalue weighted by atomic mass is 15.0. The summed E-state index contributed by atoms with van der Waals surface area (Å²) >= 11 is 0. The molecular weight excluding hydrogens is 673 g/mol. The number of imidazole rings is 1. The van der Waals surface area contributed by atoms with E-state index in [-0.39, 0.29) is 0 Å². The third kappa shape index (κ3) is 4.27. The number of hydrogen-bond acceptors (Lipinski definition) is 3. The molecule has 55 heavy (non-hydrogen) atoms. The van der Waals surface area contributed by atoms with Gasteiger partial charge in [0.1, 0.15) is 5.65 Å². The van der Waals surface area contributed by atoms with Crippen LogP contribution in [0.3, 0.4) is 0 Å². The number of rotatable bonds is 4. The zero-order valence-corrected chi connectivity index (χ0v) is 29.5. The molecule has 0 aliphatic heterocycles. The highest BCUT2D eigenvalue weighted by Gasteiger charge is 2.24. The maximum atomic E-state index is 5.58. The van der Waals surface area contributed by atoms with Crippen molar-refractivity contribution < 1.29 is 0 Å². The van der Waals surface area contributed by atoms with Crippen molar-refractivity contribution in [2.75, 3.05) is 0 Å². The summed E-state index contributed by atoms with van der Waals surface area (Å²) in [6.07, 6.45) is 5.64. The van der Waals surface area contributed by atoms with Crippen molar-refractivity contribution >= 4 is 71.1 Å². The molecule has 0 amide bonds. The van der Waals surface area contributed by atoms with Crippen LogP contribution in [-0.4, -0.2) is 28.5 Å². The van der Waals surface area contributed by atoms with Crippen LogP contribution >= 0.6 is 0 Å². The Bertz CT molecular complexity index is 3480. The van der Waals surface area contributed by atoms with Crippen LogP contribution in [0.1, 0.15) is 0 Å². The molecule has 6 nitrogen and oxygen atoms in total. The fourth-order valence-corrected chi connectivity index (χ4v) is 8.82. The van der Waals surface area contributed by atoms with Crippen LogP contribution in [0.15, 0.2) is 182 Å². The molecule has 0 atom stereocenters. The van der Waals surface area contributed by atoms with Crippen LogP contribution < -0.4 is 0 Å². The fraction of sp³-hybridized carbons (Fsp3) is 0. The monoisotopic (exact) mass is 702 g/mol. The van der Waals surface area contributed by atoms with Gasteiger partial charge in [0.05, 0.1) is 44.5 Å². The number of benzene rings is 6. The molecule has 6 heteroatoms. The molecule has 0 saturated carbocycles. The molecule has 6 aromatic heterocycles. The van der Waals surface area contributed by atoms with E-state index in [0.29, 0.717) is 0 Å². The summed E-state index contributed by atoms with van der Waals surface area (Å²) in [4.78, 5) is 15.0. The van der Waals surface area contributed by atoms with Crippen molar-refractivity contribution in [2.45, 2.75) is 0 Å². The molecule has 0 aliphatic rings. The molecule has 12 aromatic rings. The molecule has 256 valence electrons. The van der Waals surface area contributed by atoms with E-state index in [0.717, 1.165) is 72.4 Å². The van der Waals surface area contributed by atoms with Crippen LogP contribution in [0, 0.1) is 0 Å². The Labute approximate surface area is 314 Å². The molecule has 6 aromatic carbocycles. The van der Waals surface area contributed by atoms with Gasteiger partial charge in [-0.15, -0.1) is 0 Å². The SMILES string of the molecule is c1ccc(-n2c3ccccc3c3cc(-c4nc5c6cccnc6c6cnccc6n5c4-c4ccc5c(c4)c4ccccc4n5-c4ccccc4)ccc32)cc1. The van der Waals surface area contributed by atoms with Crippen molar-refractivity contribution in [3.05, 3.63) is 182 Å². The first-order valence-corrected chi connectivity index (χ1v) is 18.5. The second-order valence-corrected chi connectivity index (χ2v) is 14.1. The molecule has 12 rings (SSSR count). The molecule has 0 radical (unpaired) electrons. The predicted molar refractivity (Wildman–Crippen MR) is 225 cm³/mol. The molecule has 0 aliphatic carbocycles. The molecule has 0 saturated heterocycles. The van der Waals surface area contributed by atoms with Gasteiger partial charge < -0.3 is 9.13 Å². The van der Waals surface area contributed by atoms with Gasteiger partial charge in [0.25, 0.3) is 0 Å². The lowest BCUT2D eigenvalue weighted by Gasteiger charge is -2.12. The number of pyridine rings is 3. The number of fused-ring (bicyclic) bond motifs is 12. The zero-order valence-electron chi connectivity index (χ0n) is 29.5. The predicted octanol–water partition coefficient (Wildman–Crippen LogP) is 12.0. The zero-order chi connectivity index (χ0) is 36.0. The van der Waals surface area contributed by atoms with E-state index < -0.39 is 0 Å². The van der Waals surface area contributed by atoms with E-state index in [2.05, 4.69) is 176 Å². The minimum absolute atomic E-state index is 0.866. The van der Waals surface area contributed by atoms with Gasteiger partial charge in [0.15, 0.2) is 0 Å². The Morgan fingerprint density at radius 1 is 0.400 bits per heavy atom. The number of hydrogen-bond donors (Lipinski definition) is 0. The van der Waals surface area contributed by atoms with Crippen LogP contribution in [0.4, 0.5) is 0 Å². The van der Waals surface area contributed by atoms with Crippen LogP contribution in [0.5, 0.6) is 0 Å². The topological polar surface area (TPSA) is 52.9 Å². The van der Waals surface area contributed by atoms with Gasteiger partial charge in [0.2, 0.25) is 0 Å². The Kier molecular flexibility index (Phi) is 6.24. The smallest absolute Gasteiger partial charge is 0.148 e. The molecule has 0 N–H and O–H groups in total. The highest BCUT2D eigenvalue weighted by molar-refractivity contribution is 6.14. The number of nitrogens with zero attached hydrogens (tertiary/aromatic N) is 6. The summed E-state index contributed by atoms with van der Waals surface area (Å²) in [7, 11) is 0. The lowest BCUT2D eigenvalue weighted by Crippen LogP contribution is -1.96. The van der Waals surface area contributed by atoms with Crippen molar-refractivity contribution in [2.24, 2.45) is 0 Å². The average Bonchev–Trinajstić information content (AvgIpc) is 3.93. The first kappa shape index (κ1) is 29.9. The average molecular weight is 703 g/mol. The highest BCUT2D eigenvalue weighted by Crippen LogP contribution is 2.43. The Hall–Kier alpha value is -7.57. The minimum Gasteiger partial charge on any atom is -0.309 e. The Morgan fingerprint density at radius 2 is 0.964 bits per heavy atom. The van der Waals surface area contributed by atoms with E-state index in [4.69, 9.17) is 9.97 Å². The van der Waals surface area contributed by atoms with Crippen molar-refractivity contribution in [3.8, 4) is 33.9 Å². The van der Waals surface area contributed by atoms with Crippen LogP contribution in [0.25, 0.3) is 105 Å². The van der Waals surface area contributed by atoms with E-state index in [9.17, 15) is 0 Å². The van der Waals surface area contributed by atoms with Gasteiger partial charge in [0, 0.05) is 73.4 Å². The summed E-state index contributed by atoms with van der Waals surface area (Å²) in [6, 6.07) is 58.5. The molecule has 0 fully saturated rings. The second-order valence-electron chi connectivity index (χ2n) is 14.1. The standard InChI is InChI=1S/C49H30N6/c1-3-12-33(13-4-1)53-41-19-9-7-16-35(41)38-28-31(21-23-43(38)53)46-48(55-45-25-27-50-30-40(45)47-37(49(55)52-46)18-11-26-51-47)32-22-24-44-39(29-32)36-17-8-10-20-42(36)54(44)34-14-5-2-6-15-34/h1-30H. The minimum atomic E-state index is 0.866. The van der Waals surface area contributed by atoms with Gasteiger partial charge in [-0.05, 0) is 78.9 Å². The summed E-state index contributed by atoms with van der Waals surface area (Å²) in [6.45, 7) is 0. The molecule has 0 unspecified atom stereocenters. The molecule has 0 spiro atoms. The maximum absolute atomic E-state index is 5.58. The Balaban J connectivity index is 1.20. The largest absolute Gasteiger partial charge is 0.309 e. The molecule has 6 heterocycles. The summed E-state index contributed by atoms with van der Waals surface area (Å²) < 4.78 is 7.04. The quantitative estimate of drug-likeness (QED) is 0.172. The first-order chi connectivity index (χ1) is 27.3. The van der Waals surface area contributed by atoms with Crippen LogP contribution in [-0.2, 0) is 0 Å². The number of aromatic nitrogens is 6. The third-order valence-electron chi connectivity index (χ3n) is 11.1. The van der Waals surface area contributed by atoms with E-state index >= 15 is 0 Å². The summed E-state index contributed by atoms with van der Waals surface area (Å²) in [5, 5.41) is 6.75.